The molecule has 1 saturated heterocycles. The fourth-order valence-electron chi connectivity index (χ4n) is 2.23. The molecule has 100 valence electrons. The molecule has 1 atom stereocenters. The number of hydrogen-bond acceptors (Lipinski definition) is 6. The maximum atomic E-state index is 13.8. The summed E-state index contributed by atoms with van der Waals surface area (Å²) in [5.41, 5.74) is 2.34. The molecule has 0 aliphatic carbocycles. The number of nitrogens with two attached hydrogens (primary N) is 1. The lowest BCUT2D eigenvalue weighted by molar-refractivity contribution is 0.212. The van der Waals surface area contributed by atoms with Crippen LogP contribution in [0.4, 0.5) is 16.2 Å². The first-order valence-corrected chi connectivity index (χ1v) is 6.10. The zero-order valence-corrected chi connectivity index (χ0v) is 10.7. The Kier molecular flexibility index (Phi) is 3.93. The van der Waals surface area contributed by atoms with Crippen LogP contribution >= 0.6 is 0 Å². The van der Waals surface area contributed by atoms with E-state index in [0.717, 1.165) is 32.3 Å². The summed E-state index contributed by atoms with van der Waals surface area (Å²) in [6.07, 6.45) is 2.18. The zero-order chi connectivity index (χ0) is 13.1. The Labute approximate surface area is 106 Å². The lowest BCUT2D eigenvalue weighted by atomic mass is 10.1. The standard InChI is InChI=1S/C11H19FN6/c1-3-8-7-18(5-4-17(8)2)10-9(12)6-14-11(15-10)16-13/h6,8H,3-5,7,13H2,1-2H3,(H,14,15,16). The van der Waals surface area contributed by atoms with Crippen molar-refractivity contribution in [1.29, 1.82) is 0 Å². The Morgan fingerprint density at radius 1 is 1.56 bits per heavy atom. The van der Waals surface area contributed by atoms with Crippen molar-refractivity contribution in [2.75, 3.05) is 37.0 Å². The lowest BCUT2D eigenvalue weighted by Crippen LogP contribution is -2.51. The van der Waals surface area contributed by atoms with Crippen molar-refractivity contribution < 1.29 is 4.39 Å². The van der Waals surface area contributed by atoms with Crippen molar-refractivity contribution in [2.45, 2.75) is 19.4 Å². The Morgan fingerprint density at radius 2 is 2.33 bits per heavy atom. The van der Waals surface area contributed by atoms with Gasteiger partial charge >= 0.3 is 0 Å². The number of nitrogens with zero attached hydrogens (tertiary/aromatic N) is 4. The predicted octanol–water partition coefficient (Wildman–Crippen LogP) is 0.432. The minimum absolute atomic E-state index is 0.235. The molecular weight excluding hydrogens is 235 g/mol. The highest BCUT2D eigenvalue weighted by atomic mass is 19.1. The largest absolute Gasteiger partial charge is 0.351 e. The first kappa shape index (κ1) is 13.0. The molecule has 1 aromatic heterocycles. The van der Waals surface area contributed by atoms with Crippen molar-refractivity contribution in [2.24, 2.45) is 5.84 Å². The molecule has 0 spiro atoms. The van der Waals surface area contributed by atoms with Gasteiger partial charge in [0.05, 0.1) is 6.20 Å². The topological polar surface area (TPSA) is 70.3 Å². The molecule has 0 radical (unpaired) electrons. The Bertz CT molecular complexity index is 413. The van der Waals surface area contributed by atoms with Crippen LogP contribution in [-0.2, 0) is 0 Å². The summed E-state index contributed by atoms with van der Waals surface area (Å²) in [4.78, 5) is 12.1. The second kappa shape index (κ2) is 5.45. The monoisotopic (exact) mass is 254 g/mol. The van der Waals surface area contributed by atoms with Crippen molar-refractivity contribution >= 4 is 11.8 Å². The number of piperazine rings is 1. The average Bonchev–Trinajstić information content (AvgIpc) is 2.40. The molecule has 6 nitrogen and oxygen atoms in total. The van der Waals surface area contributed by atoms with E-state index in [4.69, 9.17) is 5.84 Å². The van der Waals surface area contributed by atoms with E-state index in [2.05, 4.69) is 34.3 Å². The lowest BCUT2D eigenvalue weighted by Gasteiger charge is -2.39. The van der Waals surface area contributed by atoms with Crippen LogP contribution in [-0.4, -0.2) is 47.6 Å². The first-order valence-electron chi connectivity index (χ1n) is 6.10. The molecule has 7 heteroatoms. The van der Waals surface area contributed by atoms with Gasteiger partial charge in [-0.05, 0) is 13.5 Å². The highest BCUT2D eigenvalue weighted by Crippen LogP contribution is 2.21. The van der Waals surface area contributed by atoms with E-state index in [9.17, 15) is 4.39 Å². The van der Waals surface area contributed by atoms with E-state index in [1.54, 1.807) is 0 Å². The Hall–Kier alpha value is -1.47. The number of likely N-dealkylation sites (N-methyl/N-ethyl adjacent to an activating group) is 1. The van der Waals surface area contributed by atoms with Gasteiger partial charge < -0.3 is 4.90 Å². The third-order valence-corrected chi connectivity index (χ3v) is 3.40. The Morgan fingerprint density at radius 3 is 3.00 bits per heavy atom. The van der Waals surface area contributed by atoms with E-state index in [0.29, 0.717) is 11.9 Å². The van der Waals surface area contributed by atoms with Gasteiger partial charge in [-0.3, -0.25) is 10.3 Å². The van der Waals surface area contributed by atoms with Gasteiger partial charge in [-0.2, -0.15) is 4.98 Å². The summed E-state index contributed by atoms with van der Waals surface area (Å²) in [6.45, 7) is 4.55. The summed E-state index contributed by atoms with van der Waals surface area (Å²) in [7, 11) is 2.09. The highest BCUT2D eigenvalue weighted by Gasteiger charge is 2.25. The minimum atomic E-state index is -0.409. The van der Waals surface area contributed by atoms with Crippen LogP contribution in [0.15, 0.2) is 6.20 Å². The van der Waals surface area contributed by atoms with E-state index >= 15 is 0 Å². The molecule has 1 aromatic rings. The average molecular weight is 254 g/mol. The van der Waals surface area contributed by atoms with E-state index in [1.807, 2.05) is 4.90 Å². The zero-order valence-electron chi connectivity index (χ0n) is 10.7. The van der Waals surface area contributed by atoms with E-state index in [-0.39, 0.29) is 5.95 Å². The van der Waals surface area contributed by atoms with Gasteiger partial charge in [0, 0.05) is 25.7 Å². The Balaban J connectivity index is 2.20. The van der Waals surface area contributed by atoms with Crippen LogP contribution in [0.3, 0.4) is 0 Å². The van der Waals surface area contributed by atoms with Crippen LogP contribution < -0.4 is 16.2 Å². The fourth-order valence-corrected chi connectivity index (χ4v) is 2.23. The molecule has 1 unspecified atom stereocenters. The van der Waals surface area contributed by atoms with E-state index in [1.165, 1.54) is 0 Å². The molecule has 2 rings (SSSR count). The number of nitrogen functional groups attached to an aromatic ring is 1. The number of rotatable bonds is 3. The van der Waals surface area contributed by atoms with Gasteiger partial charge in [-0.15, -0.1) is 0 Å². The van der Waals surface area contributed by atoms with Gasteiger partial charge in [0.25, 0.3) is 0 Å². The summed E-state index contributed by atoms with van der Waals surface area (Å²) >= 11 is 0. The molecule has 2 heterocycles. The van der Waals surface area contributed by atoms with Gasteiger partial charge in [0.2, 0.25) is 5.95 Å². The van der Waals surface area contributed by atoms with Crippen LogP contribution in [0.1, 0.15) is 13.3 Å². The fraction of sp³-hybridized carbons (Fsp3) is 0.636. The van der Waals surface area contributed by atoms with Crippen LogP contribution in [0.5, 0.6) is 0 Å². The summed E-state index contributed by atoms with van der Waals surface area (Å²) in [5, 5.41) is 0. The summed E-state index contributed by atoms with van der Waals surface area (Å²) in [6, 6.07) is 0.419. The molecule has 0 aromatic carbocycles. The van der Waals surface area contributed by atoms with Gasteiger partial charge in [0.15, 0.2) is 11.6 Å². The second-order valence-corrected chi connectivity index (χ2v) is 4.50. The molecule has 3 N–H and O–H groups in total. The van der Waals surface area contributed by atoms with Crippen LogP contribution in [0, 0.1) is 5.82 Å². The molecular formula is C11H19FN6. The van der Waals surface area contributed by atoms with Gasteiger partial charge in [0.1, 0.15) is 0 Å². The predicted molar refractivity (Wildman–Crippen MR) is 68.7 cm³/mol. The normalized spacial score (nSPS) is 21.1. The number of anilines is 2. The maximum absolute atomic E-state index is 13.8. The van der Waals surface area contributed by atoms with Crippen LogP contribution in [0.25, 0.3) is 0 Å². The third-order valence-electron chi connectivity index (χ3n) is 3.40. The SMILES string of the molecule is CCC1CN(c2nc(NN)ncc2F)CCN1C. The number of hydrazine groups is 1. The highest BCUT2D eigenvalue weighted by molar-refractivity contribution is 5.44. The molecule has 18 heavy (non-hydrogen) atoms. The van der Waals surface area contributed by atoms with Crippen molar-refractivity contribution in [3.8, 4) is 0 Å². The second-order valence-electron chi connectivity index (χ2n) is 4.50. The quantitative estimate of drug-likeness (QED) is 0.602. The van der Waals surface area contributed by atoms with Gasteiger partial charge in [-0.1, -0.05) is 6.92 Å². The molecule has 0 bridgehead atoms. The number of halogens is 1. The molecule has 0 saturated carbocycles. The minimum Gasteiger partial charge on any atom is -0.351 e. The van der Waals surface area contributed by atoms with E-state index < -0.39 is 5.82 Å². The van der Waals surface area contributed by atoms with Crippen LogP contribution in [0.2, 0.25) is 0 Å². The first-order chi connectivity index (χ1) is 8.65. The number of hydrogen-bond donors (Lipinski definition) is 2. The van der Waals surface area contributed by atoms with Crippen molar-refractivity contribution in [3.63, 3.8) is 0 Å². The third kappa shape index (κ3) is 2.51. The maximum Gasteiger partial charge on any atom is 0.239 e. The van der Waals surface area contributed by atoms with Gasteiger partial charge in [-0.25, -0.2) is 15.2 Å². The molecule has 1 aliphatic rings. The number of nitrogens with one attached hydrogen (secondary N) is 1. The molecule has 0 amide bonds. The summed E-state index contributed by atoms with van der Waals surface area (Å²) < 4.78 is 13.8. The molecule has 1 aliphatic heterocycles. The summed E-state index contributed by atoms with van der Waals surface area (Å²) in [5.74, 6) is 5.40. The van der Waals surface area contributed by atoms with Crippen molar-refractivity contribution in [1.82, 2.24) is 14.9 Å². The van der Waals surface area contributed by atoms with Crippen molar-refractivity contribution in [3.05, 3.63) is 12.0 Å². The smallest absolute Gasteiger partial charge is 0.239 e. The number of aromatic nitrogens is 2. The molecule has 1 fully saturated rings.